The number of amides is 1. The Morgan fingerprint density at radius 2 is 1.81 bits per heavy atom. The topological polar surface area (TPSA) is 62.2 Å². The Kier molecular flexibility index (Phi) is 3.28. The summed E-state index contributed by atoms with van der Waals surface area (Å²) >= 11 is 0. The molecule has 0 aliphatic rings. The number of nitrogens with zero attached hydrogens (tertiary/aromatic N) is 1. The van der Waals surface area contributed by atoms with Gasteiger partial charge in [-0.05, 0) is 43.3 Å². The molecule has 0 saturated carbocycles. The van der Waals surface area contributed by atoms with Crippen LogP contribution in [0.15, 0.2) is 54.6 Å². The maximum atomic E-state index is 12.3. The first-order valence-electron chi connectivity index (χ1n) is 6.60. The second-order valence-electron chi connectivity index (χ2n) is 4.82. The van der Waals surface area contributed by atoms with Crippen LogP contribution in [0.1, 0.15) is 16.1 Å². The van der Waals surface area contributed by atoms with Gasteiger partial charge in [-0.2, -0.15) is 0 Å². The summed E-state index contributed by atoms with van der Waals surface area (Å²) in [4.78, 5) is 16.8. The number of nitrogens with one attached hydrogen (secondary N) is 1. The van der Waals surface area contributed by atoms with Gasteiger partial charge >= 0.3 is 0 Å². The average molecular weight is 278 g/mol. The fraction of sp³-hybridized carbons (Fsp3) is 0.0588. The number of hydrogen-bond acceptors (Lipinski definition) is 3. The highest BCUT2D eigenvalue weighted by atomic mass is 16.3. The highest BCUT2D eigenvalue weighted by Gasteiger charge is 2.11. The van der Waals surface area contributed by atoms with E-state index in [-0.39, 0.29) is 11.7 Å². The van der Waals surface area contributed by atoms with Crippen LogP contribution in [-0.2, 0) is 0 Å². The van der Waals surface area contributed by atoms with E-state index in [0.29, 0.717) is 16.9 Å². The second kappa shape index (κ2) is 5.25. The molecule has 0 atom stereocenters. The molecule has 0 aliphatic carbocycles. The number of anilines is 1. The summed E-state index contributed by atoms with van der Waals surface area (Å²) in [5.41, 5.74) is 2.73. The number of phenolic OH excluding ortho intramolecular Hbond substituents is 1. The fourth-order valence-corrected chi connectivity index (χ4v) is 2.19. The molecule has 104 valence electrons. The minimum Gasteiger partial charge on any atom is -0.508 e. The van der Waals surface area contributed by atoms with E-state index >= 15 is 0 Å². The lowest BCUT2D eigenvalue weighted by Gasteiger charge is -2.09. The maximum Gasteiger partial charge on any atom is 0.257 e. The van der Waals surface area contributed by atoms with E-state index in [0.717, 1.165) is 10.9 Å². The third kappa shape index (κ3) is 2.69. The molecule has 2 aromatic carbocycles. The largest absolute Gasteiger partial charge is 0.508 e. The lowest BCUT2D eigenvalue weighted by Crippen LogP contribution is -2.14. The van der Waals surface area contributed by atoms with Crippen LogP contribution < -0.4 is 5.32 Å². The number of aryl methyl sites for hydroxylation is 1. The molecular weight excluding hydrogens is 264 g/mol. The van der Waals surface area contributed by atoms with Crippen LogP contribution in [0.4, 0.5) is 5.69 Å². The first kappa shape index (κ1) is 13.1. The number of rotatable bonds is 2. The monoisotopic (exact) mass is 278 g/mol. The molecule has 4 heteroatoms. The molecule has 1 amide bonds. The minimum absolute atomic E-state index is 0.163. The molecule has 3 rings (SSSR count). The van der Waals surface area contributed by atoms with Gasteiger partial charge in [-0.25, -0.2) is 0 Å². The summed E-state index contributed by atoms with van der Waals surface area (Å²) in [6.07, 6.45) is 0. The summed E-state index contributed by atoms with van der Waals surface area (Å²) in [6.45, 7) is 1.82. The van der Waals surface area contributed by atoms with Crippen LogP contribution in [-0.4, -0.2) is 16.0 Å². The van der Waals surface area contributed by atoms with Crippen molar-refractivity contribution in [2.75, 3.05) is 5.32 Å². The number of hydrogen-bond donors (Lipinski definition) is 2. The summed E-state index contributed by atoms with van der Waals surface area (Å²) in [5.74, 6) is -0.0482. The van der Waals surface area contributed by atoms with Crippen molar-refractivity contribution in [3.63, 3.8) is 0 Å². The van der Waals surface area contributed by atoms with Crippen LogP contribution >= 0.6 is 0 Å². The molecule has 0 spiro atoms. The number of carbonyl (C=O) groups excluding carboxylic acids is 1. The molecule has 3 aromatic rings. The van der Waals surface area contributed by atoms with Crippen LogP contribution in [0.2, 0.25) is 0 Å². The molecule has 1 aromatic heterocycles. The first-order chi connectivity index (χ1) is 10.1. The van der Waals surface area contributed by atoms with Crippen molar-refractivity contribution < 1.29 is 9.90 Å². The van der Waals surface area contributed by atoms with E-state index in [2.05, 4.69) is 10.3 Å². The maximum absolute atomic E-state index is 12.3. The molecule has 0 fully saturated rings. The lowest BCUT2D eigenvalue weighted by atomic mass is 10.1. The summed E-state index contributed by atoms with van der Waals surface area (Å²) in [6, 6.07) is 15.9. The van der Waals surface area contributed by atoms with Gasteiger partial charge in [-0.1, -0.05) is 18.2 Å². The second-order valence-corrected chi connectivity index (χ2v) is 4.82. The van der Waals surface area contributed by atoms with Crippen molar-refractivity contribution in [3.05, 3.63) is 65.9 Å². The molecule has 0 bridgehead atoms. The fourth-order valence-electron chi connectivity index (χ4n) is 2.19. The number of aromatic hydroxyl groups is 1. The highest BCUT2D eigenvalue weighted by Crippen LogP contribution is 2.19. The number of para-hydroxylation sites is 1. The standard InChI is InChI=1S/C17H14N2O2/c1-11-15(10-12-4-2-3-5-16(12)18-11)17(21)19-13-6-8-14(20)9-7-13/h2-10,20H,1H3,(H,19,21). The molecular formula is C17H14N2O2. The van der Waals surface area contributed by atoms with Crippen molar-refractivity contribution >= 4 is 22.5 Å². The Balaban J connectivity index is 1.93. The van der Waals surface area contributed by atoms with Gasteiger partial charge in [-0.15, -0.1) is 0 Å². The van der Waals surface area contributed by atoms with Crippen molar-refractivity contribution in [2.45, 2.75) is 6.92 Å². The van der Waals surface area contributed by atoms with E-state index in [4.69, 9.17) is 0 Å². The Morgan fingerprint density at radius 3 is 2.57 bits per heavy atom. The van der Waals surface area contributed by atoms with Gasteiger partial charge < -0.3 is 10.4 Å². The van der Waals surface area contributed by atoms with E-state index in [1.165, 1.54) is 12.1 Å². The lowest BCUT2D eigenvalue weighted by molar-refractivity contribution is 0.102. The van der Waals surface area contributed by atoms with Crippen molar-refractivity contribution in [2.24, 2.45) is 0 Å². The number of aromatic nitrogens is 1. The molecule has 2 N–H and O–H groups in total. The Morgan fingerprint density at radius 1 is 1.10 bits per heavy atom. The van der Waals surface area contributed by atoms with Crippen LogP contribution in [0, 0.1) is 6.92 Å². The molecule has 0 unspecified atom stereocenters. The predicted octanol–water partition coefficient (Wildman–Crippen LogP) is 3.50. The van der Waals surface area contributed by atoms with Gasteiger partial charge in [0, 0.05) is 11.1 Å². The number of benzene rings is 2. The Hall–Kier alpha value is -2.88. The normalized spacial score (nSPS) is 10.5. The first-order valence-corrected chi connectivity index (χ1v) is 6.60. The minimum atomic E-state index is -0.212. The van der Waals surface area contributed by atoms with Crippen molar-refractivity contribution in [1.82, 2.24) is 4.98 Å². The molecule has 0 aliphatic heterocycles. The van der Waals surface area contributed by atoms with Gasteiger partial charge in [0.05, 0.1) is 16.8 Å². The molecule has 0 radical (unpaired) electrons. The van der Waals surface area contributed by atoms with E-state index in [1.807, 2.05) is 37.3 Å². The summed E-state index contributed by atoms with van der Waals surface area (Å²) in [7, 11) is 0. The SMILES string of the molecule is Cc1nc2ccccc2cc1C(=O)Nc1ccc(O)cc1. The van der Waals surface area contributed by atoms with Gasteiger partial charge in [0.2, 0.25) is 0 Å². The quantitative estimate of drug-likeness (QED) is 0.705. The van der Waals surface area contributed by atoms with Crippen LogP contribution in [0.3, 0.4) is 0 Å². The Bertz CT molecular complexity index is 811. The zero-order valence-electron chi connectivity index (χ0n) is 11.5. The zero-order valence-corrected chi connectivity index (χ0v) is 11.5. The number of phenols is 1. The number of fused-ring (bicyclic) bond motifs is 1. The molecule has 21 heavy (non-hydrogen) atoms. The zero-order chi connectivity index (χ0) is 14.8. The van der Waals surface area contributed by atoms with Crippen molar-refractivity contribution in [1.29, 1.82) is 0 Å². The third-order valence-electron chi connectivity index (χ3n) is 3.28. The van der Waals surface area contributed by atoms with Crippen LogP contribution in [0.25, 0.3) is 10.9 Å². The average Bonchev–Trinajstić information content (AvgIpc) is 2.49. The van der Waals surface area contributed by atoms with Crippen molar-refractivity contribution in [3.8, 4) is 5.75 Å². The molecule has 0 saturated heterocycles. The summed E-state index contributed by atoms with van der Waals surface area (Å²) in [5, 5.41) is 13.0. The molecule has 1 heterocycles. The highest BCUT2D eigenvalue weighted by molar-refractivity contribution is 6.06. The van der Waals surface area contributed by atoms with Crippen LogP contribution in [0.5, 0.6) is 5.75 Å². The predicted molar refractivity (Wildman–Crippen MR) is 82.5 cm³/mol. The van der Waals surface area contributed by atoms with Gasteiger partial charge in [-0.3, -0.25) is 9.78 Å². The van der Waals surface area contributed by atoms with Gasteiger partial charge in [0.25, 0.3) is 5.91 Å². The van der Waals surface area contributed by atoms with E-state index in [9.17, 15) is 9.90 Å². The molecule has 4 nitrogen and oxygen atoms in total. The van der Waals surface area contributed by atoms with E-state index in [1.54, 1.807) is 12.1 Å². The number of pyridine rings is 1. The summed E-state index contributed by atoms with van der Waals surface area (Å²) < 4.78 is 0. The van der Waals surface area contributed by atoms with Gasteiger partial charge in [0.15, 0.2) is 0 Å². The van der Waals surface area contributed by atoms with Gasteiger partial charge in [0.1, 0.15) is 5.75 Å². The third-order valence-corrected chi connectivity index (χ3v) is 3.28. The smallest absolute Gasteiger partial charge is 0.257 e. The Labute approximate surface area is 122 Å². The van der Waals surface area contributed by atoms with E-state index < -0.39 is 0 Å². The number of carbonyl (C=O) groups is 1.